The number of carbonyl (C=O) groups is 1. The molecule has 0 saturated heterocycles. The molecule has 2 aliphatic heterocycles. The van der Waals surface area contributed by atoms with Crippen molar-refractivity contribution < 1.29 is 30.7 Å². The molecule has 0 radical (unpaired) electrons. The second-order valence-electron chi connectivity index (χ2n) is 14.0. The molecular weight excluding hydrogens is 673 g/mol. The molecule has 0 amide bonds. The predicted molar refractivity (Wildman–Crippen MR) is 201 cm³/mol. The van der Waals surface area contributed by atoms with Crippen LogP contribution >= 0.6 is 0 Å². The minimum atomic E-state index is -4.05. The van der Waals surface area contributed by atoms with Crippen LogP contribution in [0.15, 0.2) is 120 Å². The zero-order valence-corrected chi connectivity index (χ0v) is 30.7. The standard InChI is InChI=1S/C39H46N2O7S2/c1-38(2)31-17-7-9-19-33(31)40(25-13-27-49(43,44)45)35(38)21-11-5-15-29-23-24-30(37(29)42)16-6-12-22-36-39(3,4)32-18-8-10-20-34(32)41(36)26-14-28-50(46,47)48/h5-12,15-22H,13-14,23-28H2,1-4H3,(H,43,44,45)(H,46,47,48)/b11-5+,12-6+,29-15+,30-16+,35-21+,36-22+. The lowest BCUT2D eigenvalue weighted by Crippen LogP contribution is -2.28. The molecule has 11 heteroatoms. The molecule has 1 saturated carbocycles. The van der Waals surface area contributed by atoms with Gasteiger partial charge in [0.25, 0.3) is 20.2 Å². The van der Waals surface area contributed by atoms with Crippen LogP contribution in [-0.4, -0.2) is 56.3 Å². The summed E-state index contributed by atoms with van der Waals surface area (Å²) in [6.45, 7) is 9.38. The topological polar surface area (TPSA) is 132 Å². The minimum absolute atomic E-state index is 0.0143. The summed E-state index contributed by atoms with van der Waals surface area (Å²) in [5.41, 5.74) is 7.14. The Balaban J connectivity index is 1.28. The van der Waals surface area contributed by atoms with E-state index < -0.39 is 20.2 Å². The Bertz CT molecular complexity index is 1900. The third-order valence-corrected chi connectivity index (χ3v) is 11.3. The fourth-order valence-corrected chi connectivity index (χ4v) is 8.22. The number of rotatable bonds is 12. The van der Waals surface area contributed by atoms with Crippen molar-refractivity contribution in [3.8, 4) is 0 Å². The van der Waals surface area contributed by atoms with Crippen molar-refractivity contribution in [2.75, 3.05) is 34.4 Å². The summed E-state index contributed by atoms with van der Waals surface area (Å²) in [6, 6.07) is 16.1. The van der Waals surface area contributed by atoms with Crippen molar-refractivity contribution in [3.63, 3.8) is 0 Å². The fraction of sp³-hybridized carbons (Fsp3) is 0.359. The third-order valence-electron chi connectivity index (χ3n) is 9.74. The van der Waals surface area contributed by atoms with Gasteiger partial charge in [-0.05, 0) is 61.1 Å². The molecular formula is C39H46N2O7S2. The van der Waals surface area contributed by atoms with Gasteiger partial charge >= 0.3 is 0 Å². The Hall–Kier alpha value is -4.03. The van der Waals surface area contributed by atoms with E-state index in [0.717, 1.165) is 45.0 Å². The van der Waals surface area contributed by atoms with E-state index in [2.05, 4.69) is 49.6 Å². The van der Waals surface area contributed by atoms with Crippen LogP contribution in [0.4, 0.5) is 11.4 Å². The molecule has 0 unspecified atom stereocenters. The van der Waals surface area contributed by atoms with Crippen molar-refractivity contribution in [2.24, 2.45) is 0 Å². The van der Waals surface area contributed by atoms with Gasteiger partial charge in [0.05, 0.1) is 11.5 Å². The molecule has 3 aliphatic rings. The van der Waals surface area contributed by atoms with Crippen LogP contribution in [0.1, 0.15) is 64.5 Å². The Morgan fingerprint density at radius 3 is 1.36 bits per heavy atom. The first-order chi connectivity index (χ1) is 23.5. The van der Waals surface area contributed by atoms with E-state index in [1.165, 1.54) is 0 Å². The van der Waals surface area contributed by atoms with Crippen LogP contribution in [0.3, 0.4) is 0 Å². The van der Waals surface area contributed by atoms with Gasteiger partial charge in [0.1, 0.15) is 0 Å². The van der Waals surface area contributed by atoms with Gasteiger partial charge in [-0.25, -0.2) is 0 Å². The van der Waals surface area contributed by atoms with Crippen LogP contribution in [-0.2, 0) is 35.9 Å². The number of hydrogen-bond donors (Lipinski definition) is 2. The van der Waals surface area contributed by atoms with E-state index in [1.807, 2.05) is 85.0 Å². The van der Waals surface area contributed by atoms with Crippen LogP contribution in [0.5, 0.6) is 0 Å². The number of benzene rings is 2. The second kappa shape index (κ2) is 14.7. The van der Waals surface area contributed by atoms with Gasteiger partial charge in [0.15, 0.2) is 5.78 Å². The summed E-state index contributed by atoms with van der Waals surface area (Å²) in [5, 5.41) is 0. The van der Waals surface area contributed by atoms with Gasteiger partial charge in [-0.1, -0.05) is 101 Å². The van der Waals surface area contributed by atoms with E-state index in [4.69, 9.17) is 0 Å². The molecule has 1 aliphatic carbocycles. The minimum Gasteiger partial charge on any atom is -0.344 e. The van der Waals surface area contributed by atoms with Crippen LogP contribution in [0, 0.1) is 0 Å². The van der Waals surface area contributed by atoms with E-state index in [-0.39, 0.29) is 41.0 Å². The lowest BCUT2D eigenvalue weighted by atomic mass is 9.84. The Kier molecular flexibility index (Phi) is 10.9. The third kappa shape index (κ3) is 8.29. The number of carbonyl (C=O) groups excluding carboxylic acids is 1. The lowest BCUT2D eigenvalue weighted by Gasteiger charge is -2.27. The van der Waals surface area contributed by atoms with Crippen molar-refractivity contribution >= 4 is 37.4 Å². The monoisotopic (exact) mass is 718 g/mol. The van der Waals surface area contributed by atoms with Crippen molar-refractivity contribution in [1.29, 1.82) is 0 Å². The maximum absolute atomic E-state index is 13.2. The Morgan fingerprint density at radius 2 is 0.980 bits per heavy atom. The van der Waals surface area contributed by atoms with Gasteiger partial charge < -0.3 is 9.80 Å². The predicted octanol–water partition coefficient (Wildman–Crippen LogP) is 7.23. The largest absolute Gasteiger partial charge is 0.344 e. The van der Waals surface area contributed by atoms with Gasteiger partial charge in [-0.15, -0.1) is 0 Å². The van der Waals surface area contributed by atoms with Crippen LogP contribution < -0.4 is 9.80 Å². The number of ketones is 1. The summed E-state index contributed by atoms with van der Waals surface area (Å²) in [4.78, 5) is 17.4. The summed E-state index contributed by atoms with van der Waals surface area (Å²) in [6.07, 6.45) is 17.1. The van der Waals surface area contributed by atoms with Gasteiger partial charge in [0, 0.05) is 57.8 Å². The van der Waals surface area contributed by atoms with Gasteiger partial charge in [0.2, 0.25) is 0 Å². The van der Waals surface area contributed by atoms with Crippen molar-refractivity contribution in [3.05, 3.63) is 131 Å². The first-order valence-corrected chi connectivity index (χ1v) is 20.1. The maximum Gasteiger partial charge on any atom is 0.264 e. The molecule has 5 rings (SSSR count). The van der Waals surface area contributed by atoms with E-state index in [1.54, 1.807) is 0 Å². The normalized spacial score (nSPS) is 21.9. The van der Waals surface area contributed by atoms with E-state index in [0.29, 0.717) is 25.9 Å². The van der Waals surface area contributed by atoms with Crippen LogP contribution in [0.25, 0.3) is 0 Å². The molecule has 2 aromatic rings. The highest BCUT2D eigenvalue weighted by atomic mass is 32.2. The SMILES string of the molecule is CC1(C)\C(=C/C=C/C=C2\CC\C(=C/C=C/C=C3/N(CCCS(=O)(=O)O)c4ccccc4C3(C)C)C2=O)N(CCCS(=O)(=O)O)c2ccccc21. The molecule has 50 heavy (non-hydrogen) atoms. The van der Waals surface area contributed by atoms with Gasteiger partial charge in [-0.3, -0.25) is 13.9 Å². The molecule has 0 bridgehead atoms. The smallest absolute Gasteiger partial charge is 0.264 e. The summed E-state index contributed by atoms with van der Waals surface area (Å²) in [7, 11) is -8.11. The number of hydrogen-bond acceptors (Lipinski definition) is 7. The first kappa shape index (κ1) is 37.2. The molecule has 0 spiro atoms. The summed E-state index contributed by atoms with van der Waals surface area (Å²) < 4.78 is 63.9. The zero-order chi connectivity index (χ0) is 36.3. The molecule has 2 N–H and O–H groups in total. The molecule has 2 heterocycles. The number of anilines is 2. The number of fused-ring (bicyclic) bond motifs is 2. The highest BCUT2D eigenvalue weighted by Gasteiger charge is 2.40. The average Bonchev–Trinajstić information content (AvgIpc) is 3.57. The second-order valence-corrected chi connectivity index (χ2v) is 17.1. The number of nitrogens with zero attached hydrogens (tertiary/aromatic N) is 2. The van der Waals surface area contributed by atoms with Crippen molar-refractivity contribution in [1.82, 2.24) is 0 Å². The van der Waals surface area contributed by atoms with E-state index in [9.17, 15) is 30.7 Å². The Morgan fingerprint density at radius 1 is 0.620 bits per heavy atom. The number of para-hydroxylation sites is 2. The Labute approximate surface area is 296 Å². The molecule has 9 nitrogen and oxygen atoms in total. The quantitative estimate of drug-likeness (QED) is 0.172. The highest BCUT2D eigenvalue weighted by Crippen LogP contribution is 2.48. The number of Topliss-reactive ketones (excluding diaryl/α,β-unsaturated/α-hetero) is 1. The van der Waals surface area contributed by atoms with Crippen molar-refractivity contribution in [2.45, 2.75) is 64.2 Å². The maximum atomic E-state index is 13.2. The van der Waals surface area contributed by atoms with Gasteiger partial charge in [-0.2, -0.15) is 16.8 Å². The molecule has 2 aromatic carbocycles. The lowest BCUT2D eigenvalue weighted by molar-refractivity contribution is -0.111. The van der Waals surface area contributed by atoms with Crippen LogP contribution in [0.2, 0.25) is 0 Å². The zero-order valence-electron chi connectivity index (χ0n) is 29.0. The highest BCUT2D eigenvalue weighted by molar-refractivity contribution is 7.86. The fourth-order valence-electron chi connectivity index (χ4n) is 7.23. The summed E-state index contributed by atoms with van der Waals surface area (Å²) in [5.74, 6) is -0.604. The molecule has 0 atom stereocenters. The molecule has 0 aromatic heterocycles. The summed E-state index contributed by atoms with van der Waals surface area (Å²) >= 11 is 0. The first-order valence-electron chi connectivity index (χ1n) is 16.9. The van der Waals surface area contributed by atoms with E-state index >= 15 is 0 Å². The average molecular weight is 719 g/mol. The number of allylic oxidation sites excluding steroid dienone is 12. The molecule has 1 fully saturated rings. The molecule has 266 valence electrons.